The van der Waals surface area contributed by atoms with Crippen molar-refractivity contribution in [3.05, 3.63) is 108 Å². The van der Waals surface area contributed by atoms with Gasteiger partial charge in [-0.1, -0.05) is 91.0 Å². The number of aliphatic imine (C=N–C) groups is 1. The van der Waals surface area contributed by atoms with Crippen molar-refractivity contribution in [2.45, 2.75) is 45.1 Å². The predicted octanol–water partition coefficient (Wildman–Crippen LogP) is 4.75. The molecule has 0 unspecified atom stereocenters. The van der Waals surface area contributed by atoms with Crippen LogP contribution in [0.3, 0.4) is 0 Å². The van der Waals surface area contributed by atoms with Crippen LogP contribution < -0.4 is 16.0 Å². The Morgan fingerprint density at radius 3 is 1.47 bits per heavy atom. The minimum atomic E-state index is -1.66. The van der Waals surface area contributed by atoms with Gasteiger partial charge in [0.05, 0.1) is 0 Å². The summed E-state index contributed by atoms with van der Waals surface area (Å²) in [5.74, 6) is -1.51. The maximum atomic E-state index is 12.4. The Morgan fingerprint density at radius 1 is 0.674 bits per heavy atom. The second-order valence-electron chi connectivity index (χ2n) is 9.53. The van der Waals surface area contributed by atoms with Crippen LogP contribution >= 0.6 is 0 Å². The van der Waals surface area contributed by atoms with E-state index in [1.165, 1.54) is 6.92 Å². The van der Waals surface area contributed by atoms with E-state index < -0.39 is 29.8 Å². The second kappa shape index (κ2) is 16.8. The second-order valence-corrected chi connectivity index (χ2v) is 9.53. The van der Waals surface area contributed by atoms with Crippen molar-refractivity contribution >= 4 is 30.2 Å². The molecule has 0 aliphatic rings. The number of amides is 3. The molecule has 1 atom stereocenters. The lowest BCUT2D eigenvalue weighted by atomic mass is 9.96. The smallest absolute Gasteiger partial charge is 0.414 e. The normalized spacial score (nSPS) is 11.7. The van der Waals surface area contributed by atoms with Crippen molar-refractivity contribution in [1.29, 1.82) is 0 Å². The molecule has 0 aliphatic heterocycles. The van der Waals surface area contributed by atoms with Gasteiger partial charge in [0.25, 0.3) is 0 Å². The van der Waals surface area contributed by atoms with Gasteiger partial charge in [-0.05, 0) is 36.5 Å². The van der Waals surface area contributed by atoms with E-state index in [2.05, 4.69) is 20.9 Å². The number of carbonyl (C=O) groups is 4. The van der Waals surface area contributed by atoms with Gasteiger partial charge in [-0.2, -0.15) is 0 Å². The molecule has 12 heteroatoms. The number of carbonyl (C=O) groups excluding carboxylic acids is 3. The molecule has 3 aromatic rings. The summed E-state index contributed by atoms with van der Waals surface area (Å²) in [4.78, 5) is 53.3. The lowest BCUT2D eigenvalue weighted by Gasteiger charge is -2.25. The average molecular weight is 591 g/mol. The molecule has 0 spiro atoms. The van der Waals surface area contributed by atoms with E-state index in [1.807, 2.05) is 18.2 Å². The van der Waals surface area contributed by atoms with Gasteiger partial charge in [0.15, 0.2) is 0 Å². The monoisotopic (exact) mass is 590 g/mol. The number of benzene rings is 3. The fraction of sp³-hybridized carbons (Fsp3) is 0.258. The summed E-state index contributed by atoms with van der Waals surface area (Å²) in [6.45, 7) is 1.29. The molecule has 226 valence electrons. The summed E-state index contributed by atoms with van der Waals surface area (Å²) in [6.07, 6.45) is -2.50. The maximum Gasteiger partial charge on any atom is 0.414 e. The van der Waals surface area contributed by atoms with E-state index in [1.54, 1.807) is 72.8 Å². The highest BCUT2D eigenvalue weighted by Crippen LogP contribution is 2.14. The molecule has 0 heterocycles. The van der Waals surface area contributed by atoms with Gasteiger partial charge in [-0.15, -0.1) is 0 Å². The fourth-order valence-electron chi connectivity index (χ4n) is 3.65. The molecule has 0 aliphatic carbocycles. The summed E-state index contributed by atoms with van der Waals surface area (Å²) in [5.41, 5.74) is 0.609. The highest BCUT2D eigenvalue weighted by Gasteiger charge is 2.35. The van der Waals surface area contributed by atoms with Crippen molar-refractivity contribution in [3.8, 4) is 0 Å². The molecule has 0 fully saturated rings. The van der Waals surface area contributed by atoms with Crippen LogP contribution in [0.1, 0.15) is 36.5 Å². The molecule has 3 amide bonds. The van der Waals surface area contributed by atoms with Crippen molar-refractivity contribution in [3.63, 3.8) is 0 Å². The van der Waals surface area contributed by atoms with Crippen LogP contribution in [0, 0.1) is 0 Å². The zero-order valence-electron chi connectivity index (χ0n) is 23.7. The molecule has 43 heavy (non-hydrogen) atoms. The molecule has 4 N–H and O–H groups in total. The van der Waals surface area contributed by atoms with Crippen molar-refractivity contribution in [2.75, 3.05) is 6.54 Å². The lowest BCUT2D eigenvalue weighted by molar-refractivity contribution is -0.144. The van der Waals surface area contributed by atoms with Crippen LogP contribution in [0.2, 0.25) is 0 Å². The number of carboxylic acid groups (broad SMARTS) is 1. The predicted molar refractivity (Wildman–Crippen MR) is 157 cm³/mol. The summed E-state index contributed by atoms with van der Waals surface area (Å²) < 4.78 is 15.5. The Hall–Kier alpha value is -5.39. The standard InChI is InChI=1S/C31H34N4O8/c1-31(26(36)37,35-30(40)43-22-25-16-9-4-10-17-25)18-11-19-32-27(33-28(38)41-20-23-12-5-2-6-13-23)34-29(39)42-21-24-14-7-3-8-15-24/h2-10,12-17H,11,18-22H2,1H3,(H,35,40)(H,36,37)(H2,32,33,34,38,39)/t31-/m0/s1. The van der Waals surface area contributed by atoms with E-state index >= 15 is 0 Å². The van der Waals surface area contributed by atoms with Gasteiger partial charge in [0.2, 0.25) is 5.96 Å². The van der Waals surface area contributed by atoms with Crippen LogP contribution in [-0.4, -0.2) is 47.4 Å². The molecule has 0 saturated heterocycles. The Labute approximate surface area is 249 Å². The number of aliphatic carboxylic acids is 1. The number of rotatable bonds is 12. The van der Waals surface area contributed by atoms with Crippen molar-refractivity contribution in [2.24, 2.45) is 4.99 Å². The summed E-state index contributed by atoms with van der Waals surface area (Å²) >= 11 is 0. The average Bonchev–Trinajstić information content (AvgIpc) is 3.01. The SMILES string of the molecule is C[C@@](CCCN=C(NC(=O)OCc1ccccc1)NC(=O)OCc1ccccc1)(NC(=O)OCc1ccccc1)C(=O)O. The van der Waals surface area contributed by atoms with Gasteiger partial charge in [-0.3, -0.25) is 15.6 Å². The Morgan fingerprint density at radius 2 is 1.07 bits per heavy atom. The minimum absolute atomic E-state index is 0.0125. The first-order chi connectivity index (χ1) is 20.7. The van der Waals surface area contributed by atoms with Crippen molar-refractivity contribution in [1.82, 2.24) is 16.0 Å². The number of alkyl carbamates (subject to hydrolysis) is 3. The first-order valence-corrected chi connectivity index (χ1v) is 13.5. The van der Waals surface area contributed by atoms with E-state index in [4.69, 9.17) is 14.2 Å². The first-order valence-electron chi connectivity index (χ1n) is 13.5. The molecule has 0 aromatic heterocycles. The molecular weight excluding hydrogens is 556 g/mol. The minimum Gasteiger partial charge on any atom is -0.480 e. The van der Waals surface area contributed by atoms with Crippen LogP contribution in [-0.2, 0) is 38.8 Å². The quantitative estimate of drug-likeness (QED) is 0.102. The van der Waals surface area contributed by atoms with Crippen molar-refractivity contribution < 1.29 is 38.5 Å². The Kier molecular flexibility index (Phi) is 12.5. The third-order valence-corrected chi connectivity index (χ3v) is 6.03. The highest BCUT2D eigenvalue weighted by molar-refractivity contribution is 6.01. The van der Waals surface area contributed by atoms with Crippen LogP contribution in [0.4, 0.5) is 14.4 Å². The van der Waals surface area contributed by atoms with Crippen LogP contribution in [0.15, 0.2) is 96.0 Å². The number of hydrogen-bond acceptors (Lipinski definition) is 8. The van der Waals surface area contributed by atoms with Crippen LogP contribution in [0.5, 0.6) is 0 Å². The number of ether oxygens (including phenoxy) is 3. The number of hydrogen-bond donors (Lipinski definition) is 4. The molecule has 3 rings (SSSR count). The van der Waals surface area contributed by atoms with E-state index in [9.17, 15) is 24.3 Å². The molecule has 3 aromatic carbocycles. The number of carboxylic acids is 1. The lowest BCUT2D eigenvalue weighted by Crippen LogP contribution is -2.52. The zero-order valence-corrected chi connectivity index (χ0v) is 23.7. The highest BCUT2D eigenvalue weighted by atomic mass is 16.6. The topological polar surface area (TPSA) is 165 Å². The van der Waals surface area contributed by atoms with Gasteiger partial charge in [0, 0.05) is 6.54 Å². The third-order valence-electron chi connectivity index (χ3n) is 6.03. The fourth-order valence-corrected chi connectivity index (χ4v) is 3.65. The van der Waals surface area contributed by atoms with E-state index in [0.29, 0.717) is 0 Å². The van der Waals surface area contributed by atoms with Gasteiger partial charge in [0.1, 0.15) is 25.4 Å². The summed E-state index contributed by atoms with van der Waals surface area (Å²) in [6, 6.07) is 27.0. The van der Waals surface area contributed by atoms with Gasteiger partial charge >= 0.3 is 24.2 Å². The van der Waals surface area contributed by atoms with E-state index in [-0.39, 0.29) is 45.2 Å². The molecular formula is C31H34N4O8. The molecule has 0 saturated carbocycles. The van der Waals surface area contributed by atoms with Gasteiger partial charge in [-0.25, -0.2) is 19.2 Å². The third kappa shape index (κ3) is 11.9. The maximum absolute atomic E-state index is 12.4. The number of nitrogens with zero attached hydrogens (tertiary/aromatic N) is 1. The van der Waals surface area contributed by atoms with E-state index in [0.717, 1.165) is 16.7 Å². The number of nitrogens with one attached hydrogen (secondary N) is 3. The largest absolute Gasteiger partial charge is 0.480 e. The summed E-state index contributed by atoms with van der Waals surface area (Å²) in [7, 11) is 0. The first kappa shape index (κ1) is 32.1. The molecule has 0 bridgehead atoms. The molecule has 0 radical (unpaired) electrons. The molecule has 12 nitrogen and oxygen atoms in total. The Bertz CT molecular complexity index is 1310. The summed E-state index contributed by atoms with van der Waals surface area (Å²) in [5, 5.41) is 16.9. The van der Waals surface area contributed by atoms with Gasteiger partial charge < -0.3 is 24.6 Å². The zero-order chi connectivity index (χ0) is 30.9. The number of guanidine groups is 1. The Balaban J connectivity index is 1.56. The van der Waals surface area contributed by atoms with Crippen LogP contribution in [0.25, 0.3) is 0 Å².